The molecule has 1 heterocycles. The van der Waals surface area contributed by atoms with Gasteiger partial charge in [0.05, 0.1) is 32.5 Å². The first kappa shape index (κ1) is 30.8. The Bertz CT molecular complexity index is 1550. The number of methoxy groups -OCH3 is 3. The minimum atomic E-state index is -0.915. The molecule has 2 N–H and O–H groups in total. The third-order valence-electron chi connectivity index (χ3n) is 8.20. The molecule has 1 fully saturated rings. The van der Waals surface area contributed by atoms with Crippen LogP contribution < -0.4 is 29.6 Å². The van der Waals surface area contributed by atoms with Crippen molar-refractivity contribution in [1.82, 2.24) is 9.97 Å². The van der Waals surface area contributed by atoms with Crippen LogP contribution in [0.3, 0.4) is 0 Å². The van der Waals surface area contributed by atoms with E-state index in [1.165, 1.54) is 19.3 Å². The van der Waals surface area contributed by atoms with E-state index in [4.69, 9.17) is 29.7 Å². The second-order valence-electron chi connectivity index (χ2n) is 11.0. The van der Waals surface area contributed by atoms with Crippen LogP contribution in [0.15, 0.2) is 72.9 Å². The molecular formula is C35H40N4O5. The van der Waals surface area contributed by atoms with Gasteiger partial charge in [-0.05, 0) is 48.6 Å². The smallest absolute Gasteiger partial charge is 0.330 e. The van der Waals surface area contributed by atoms with E-state index in [9.17, 15) is 4.79 Å². The monoisotopic (exact) mass is 596 g/mol. The first-order valence-corrected chi connectivity index (χ1v) is 14.9. The van der Waals surface area contributed by atoms with Gasteiger partial charge in [0.15, 0.2) is 0 Å². The summed E-state index contributed by atoms with van der Waals surface area (Å²) in [7, 11) is 6.86. The third kappa shape index (κ3) is 6.78. The number of nitrogens with zero attached hydrogens (tertiary/aromatic N) is 3. The molecule has 0 saturated heterocycles. The Balaban J connectivity index is 1.37. The molecule has 0 unspecified atom stereocenters. The molecule has 0 spiro atoms. The number of hydrogen-bond donors (Lipinski definition) is 1. The molecule has 1 aliphatic carbocycles. The summed E-state index contributed by atoms with van der Waals surface area (Å²) in [5, 5.41) is 0. The van der Waals surface area contributed by atoms with Gasteiger partial charge in [-0.3, -0.25) is 0 Å². The Morgan fingerprint density at radius 1 is 0.864 bits per heavy atom. The average molecular weight is 597 g/mol. The molecule has 1 atom stereocenters. The predicted octanol–water partition coefficient (Wildman–Crippen LogP) is 6.08. The van der Waals surface area contributed by atoms with E-state index in [-0.39, 0.29) is 12.3 Å². The lowest BCUT2D eigenvalue weighted by atomic mass is 9.95. The van der Waals surface area contributed by atoms with Gasteiger partial charge >= 0.3 is 5.97 Å². The number of aromatic nitrogens is 2. The van der Waals surface area contributed by atoms with E-state index in [0.29, 0.717) is 34.8 Å². The summed E-state index contributed by atoms with van der Waals surface area (Å²) in [4.78, 5) is 24.9. The fourth-order valence-corrected chi connectivity index (χ4v) is 5.74. The van der Waals surface area contributed by atoms with Crippen LogP contribution in [0.5, 0.6) is 23.1 Å². The summed E-state index contributed by atoms with van der Waals surface area (Å²) in [5.74, 6) is 2.12. The van der Waals surface area contributed by atoms with Crippen LogP contribution in [0.1, 0.15) is 37.7 Å². The lowest BCUT2D eigenvalue weighted by molar-refractivity contribution is -0.136. The first-order chi connectivity index (χ1) is 21.4. The zero-order valence-electron chi connectivity index (χ0n) is 25.8. The van der Waals surface area contributed by atoms with Crippen molar-refractivity contribution in [2.75, 3.05) is 33.3 Å². The summed E-state index contributed by atoms with van der Waals surface area (Å²) in [5.41, 5.74) is 10.4. The maximum atomic E-state index is 13.4. The lowest BCUT2D eigenvalue weighted by Crippen LogP contribution is -2.37. The zero-order valence-corrected chi connectivity index (χ0v) is 25.8. The number of anilines is 1. The molecule has 0 aliphatic heterocycles. The average Bonchev–Trinajstić information content (AvgIpc) is 3.08. The van der Waals surface area contributed by atoms with Crippen LogP contribution in [0.2, 0.25) is 0 Å². The number of para-hydroxylation sites is 1. The minimum absolute atomic E-state index is 0.154. The van der Waals surface area contributed by atoms with Gasteiger partial charge in [0.25, 0.3) is 0 Å². The van der Waals surface area contributed by atoms with Gasteiger partial charge in [-0.2, -0.15) is 4.98 Å². The van der Waals surface area contributed by atoms with Gasteiger partial charge in [-0.15, -0.1) is 0 Å². The fraction of sp³-hybridized carbons (Fsp3) is 0.343. The van der Waals surface area contributed by atoms with E-state index in [1.54, 1.807) is 27.5 Å². The van der Waals surface area contributed by atoms with Crippen molar-refractivity contribution in [1.29, 1.82) is 0 Å². The Kier molecular flexibility index (Phi) is 9.96. The number of rotatable bonds is 11. The first-order valence-electron chi connectivity index (χ1n) is 14.9. The summed E-state index contributed by atoms with van der Waals surface area (Å²) in [6.45, 7) is 0. The van der Waals surface area contributed by atoms with Gasteiger partial charge in [-0.1, -0.05) is 67.8 Å². The molecule has 9 nitrogen and oxygen atoms in total. The van der Waals surface area contributed by atoms with E-state index in [1.807, 2.05) is 73.8 Å². The van der Waals surface area contributed by atoms with Gasteiger partial charge in [-0.25, -0.2) is 9.78 Å². The Labute approximate surface area is 258 Å². The number of ether oxygens (including phenoxy) is 4. The van der Waals surface area contributed by atoms with Crippen molar-refractivity contribution in [2.45, 2.75) is 50.6 Å². The molecule has 230 valence electrons. The van der Waals surface area contributed by atoms with E-state index < -0.39 is 12.0 Å². The standard InChI is InChI=1S/C35H40N4O5/c1-39(25-11-6-5-7-12-25)35-37-22-27(26-13-8-9-14-29(26)41-2)33(38-35)44-34(40)28(36)21-23-17-19-24(20-18-23)32-30(42-3)15-10-16-31(32)43-4/h8-10,13-20,22,25,28H,5-7,11-12,21,36H2,1-4H3/t28-/m0/s1. The highest BCUT2D eigenvalue weighted by Crippen LogP contribution is 2.39. The summed E-state index contributed by atoms with van der Waals surface area (Å²) >= 11 is 0. The number of carbonyl (C=O) groups excluding carboxylic acids is 1. The van der Waals surface area contributed by atoms with Crippen molar-refractivity contribution in [3.05, 3.63) is 78.5 Å². The van der Waals surface area contributed by atoms with Crippen LogP contribution >= 0.6 is 0 Å². The highest BCUT2D eigenvalue weighted by molar-refractivity contribution is 5.82. The minimum Gasteiger partial charge on any atom is -0.496 e. The third-order valence-corrected chi connectivity index (χ3v) is 8.20. The van der Waals surface area contributed by atoms with Crippen molar-refractivity contribution in [3.63, 3.8) is 0 Å². The normalized spacial score (nSPS) is 14.0. The molecule has 1 aromatic heterocycles. The molecule has 0 amide bonds. The summed E-state index contributed by atoms with van der Waals surface area (Å²) < 4.78 is 22.6. The molecular weight excluding hydrogens is 556 g/mol. The predicted molar refractivity (Wildman–Crippen MR) is 172 cm³/mol. The number of esters is 1. The van der Waals surface area contributed by atoms with Crippen LogP contribution in [0.4, 0.5) is 5.95 Å². The lowest BCUT2D eigenvalue weighted by Gasteiger charge is -2.31. The van der Waals surface area contributed by atoms with Crippen LogP contribution in [-0.2, 0) is 11.2 Å². The van der Waals surface area contributed by atoms with Crippen molar-refractivity contribution < 1.29 is 23.7 Å². The van der Waals surface area contributed by atoms with Crippen LogP contribution in [-0.4, -0.2) is 56.4 Å². The topological polar surface area (TPSA) is 109 Å². The molecule has 9 heteroatoms. The molecule has 0 radical (unpaired) electrons. The summed E-state index contributed by atoms with van der Waals surface area (Å²) in [6.07, 6.45) is 7.74. The Hall–Kier alpha value is -4.63. The second kappa shape index (κ2) is 14.2. The number of nitrogens with two attached hydrogens (primary N) is 1. The molecule has 5 rings (SSSR count). The van der Waals surface area contributed by atoms with Crippen LogP contribution in [0, 0.1) is 0 Å². The van der Waals surface area contributed by atoms with Gasteiger partial charge in [0.1, 0.15) is 23.3 Å². The van der Waals surface area contributed by atoms with Gasteiger partial charge in [0, 0.05) is 24.8 Å². The molecule has 0 bridgehead atoms. The molecule has 1 aliphatic rings. The van der Waals surface area contributed by atoms with Gasteiger partial charge < -0.3 is 29.6 Å². The second-order valence-corrected chi connectivity index (χ2v) is 11.0. The van der Waals surface area contributed by atoms with Gasteiger partial charge in [0.2, 0.25) is 11.8 Å². The summed E-state index contributed by atoms with van der Waals surface area (Å²) in [6, 6.07) is 20.4. The Morgan fingerprint density at radius 3 is 2.16 bits per heavy atom. The van der Waals surface area contributed by atoms with E-state index in [0.717, 1.165) is 35.1 Å². The maximum absolute atomic E-state index is 13.4. The van der Waals surface area contributed by atoms with E-state index in [2.05, 4.69) is 9.88 Å². The highest BCUT2D eigenvalue weighted by atomic mass is 16.5. The largest absolute Gasteiger partial charge is 0.496 e. The van der Waals surface area contributed by atoms with Crippen molar-refractivity contribution in [2.24, 2.45) is 5.73 Å². The Morgan fingerprint density at radius 2 is 1.50 bits per heavy atom. The molecule has 4 aromatic rings. The SMILES string of the molecule is COc1ccccc1-c1cnc(N(C)C2CCCCC2)nc1OC(=O)[C@@H](N)Cc1ccc(-c2c(OC)cccc2OC)cc1. The number of hydrogen-bond acceptors (Lipinski definition) is 9. The fourth-order valence-electron chi connectivity index (χ4n) is 5.74. The maximum Gasteiger partial charge on any atom is 0.330 e. The van der Waals surface area contributed by atoms with Crippen molar-refractivity contribution in [3.8, 4) is 45.4 Å². The molecule has 1 saturated carbocycles. The van der Waals surface area contributed by atoms with Crippen LogP contribution in [0.25, 0.3) is 22.3 Å². The quantitative estimate of drug-likeness (QED) is 0.206. The van der Waals surface area contributed by atoms with Crippen molar-refractivity contribution >= 4 is 11.9 Å². The number of carbonyl (C=O) groups is 1. The van der Waals surface area contributed by atoms with E-state index >= 15 is 0 Å². The molecule has 3 aromatic carbocycles. The highest BCUT2D eigenvalue weighted by Gasteiger charge is 2.25. The molecule has 44 heavy (non-hydrogen) atoms. The zero-order chi connectivity index (χ0) is 31.1. The number of benzene rings is 3.